The van der Waals surface area contributed by atoms with E-state index in [1.54, 1.807) is 6.33 Å². The molecule has 0 bridgehead atoms. The minimum Gasteiger partial charge on any atom is -0.386 e. The van der Waals surface area contributed by atoms with Gasteiger partial charge in [-0.15, -0.1) is 0 Å². The van der Waals surface area contributed by atoms with E-state index in [0.717, 1.165) is 44.8 Å². The largest absolute Gasteiger partial charge is 0.416 e. The molecule has 1 aromatic heterocycles. The number of halogens is 4. The number of aromatic nitrogens is 2. The standard InChI is InChI=1S/C21H18BrF3N4O/c1-29-11-18(27-12-29)16-7-4-14(19-9-20(22)28-30-19)8-17(16)26-10-13-2-5-15(6-3-13)21(23,24)25/h2-8,11-12,19,26H,9-10H2,1H3/t19-/m0/s1. The fraction of sp³-hybridized carbons (Fsp3) is 0.238. The maximum absolute atomic E-state index is 12.8. The predicted molar refractivity (Wildman–Crippen MR) is 112 cm³/mol. The molecule has 1 aliphatic heterocycles. The average molecular weight is 479 g/mol. The van der Waals surface area contributed by atoms with E-state index in [1.165, 1.54) is 12.1 Å². The van der Waals surface area contributed by atoms with Crippen molar-refractivity contribution in [2.24, 2.45) is 12.2 Å². The van der Waals surface area contributed by atoms with Gasteiger partial charge in [-0.1, -0.05) is 29.4 Å². The Bertz CT molecular complexity index is 1080. The normalized spacial score (nSPS) is 16.3. The monoisotopic (exact) mass is 478 g/mol. The molecule has 0 fully saturated rings. The summed E-state index contributed by atoms with van der Waals surface area (Å²) >= 11 is 3.35. The van der Waals surface area contributed by atoms with Crippen LogP contribution in [0.25, 0.3) is 11.3 Å². The lowest BCUT2D eigenvalue weighted by Crippen LogP contribution is -2.06. The molecule has 1 atom stereocenters. The smallest absolute Gasteiger partial charge is 0.386 e. The molecule has 5 nitrogen and oxygen atoms in total. The number of anilines is 1. The van der Waals surface area contributed by atoms with Crippen molar-refractivity contribution in [3.05, 3.63) is 71.7 Å². The first kappa shape index (κ1) is 20.5. The highest BCUT2D eigenvalue weighted by Crippen LogP contribution is 2.35. The van der Waals surface area contributed by atoms with Crippen molar-refractivity contribution >= 4 is 26.2 Å². The fourth-order valence-electron chi connectivity index (χ4n) is 3.22. The van der Waals surface area contributed by atoms with Crippen LogP contribution in [0.2, 0.25) is 0 Å². The SMILES string of the molecule is Cn1cnc(-c2ccc([C@@H]3CC(Br)=NO3)cc2NCc2ccc(C(F)(F)F)cc2)c1. The molecule has 3 aromatic rings. The number of rotatable bonds is 5. The first-order valence-corrected chi connectivity index (χ1v) is 9.99. The van der Waals surface area contributed by atoms with E-state index < -0.39 is 11.7 Å². The summed E-state index contributed by atoms with van der Waals surface area (Å²) in [6.45, 7) is 0.368. The summed E-state index contributed by atoms with van der Waals surface area (Å²) in [7, 11) is 1.89. The van der Waals surface area contributed by atoms with Crippen molar-refractivity contribution in [1.29, 1.82) is 0 Å². The number of alkyl halides is 3. The van der Waals surface area contributed by atoms with E-state index >= 15 is 0 Å². The molecule has 1 aliphatic rings. The minimum atomic E-state index is -4.34. The molecule has 2 heterocycles. The molecule has 0 aliphatic carbocycles. The van der Waals surface area contributed by atoms with Gasteiger partial charge in [-0.2, -0.15) is 13.2 Å². The highest BCUT2D eigenvalue weighted by atomic mass is 79.9. The summed E-state index contributed by atoms with van der Waals surface area (Å²) < 4.78 is 41.0. The Labute approximate surface area is 179 Å². The maximum atomic E-state index is 12.8. The van der Waals surface area contributed by atoms with E-state index in [2.05, 4.69) is 31.4 Å². The number of benzene rings is 2. The van der Waals surface area contributed by atoms with Crippen molar-refractivity contribution < 1.29 is 18.0 Å². The number of aryl methyl sites for hydroxylation is 1. The molecule has 0 saturated heterocycles. The van der Waals surface area contributed by atoms with Gasteiger partial charge in [0.05, 0.1) is 17.6 Å². The first-order chi connectivity index (χ1) is 14.3. The third-order valence-corrected chi connectivity index (χ3v) is 5.26. The number of imidazole rings is 1. The Morgan fingerprint density at radius 1 is 1.20 bits per heavy atom. The van der Waals surface area contributed by atoms with Crippen LogP contribution in [-0.2, 0) is 24.6 Å². The Balaban J connectivity index is 1.59. The third kappa shape index (κ3) is 4.51. The molecule has 30 heavy (non-hydrogen) atoms. The third-order valence-electron chi connectivity index (χ3n) is 4.79. The van der Waals surface area contributed by atoms with Gasteiger partial charge in [0.15, 0.2) is 6.10 Å². The second kappa shape index (κ2) is 8.14. The molecule has 0 unspecified atom stereocenters. The van der Waals surface area contributed by atoms with Gasteiger partial charge in [-0.25, -0.2) is 4.98 Å². The van der Waals surface area contributed by atoms with Crippen molar-refractivity contribution in [2.75, 3.05) is 5.32 Å². The van der Waals surface area contributed by atoms with Crippen molar-refractivity contribution in [1.82, 2.24) is 9.55 Å². The molecule has 4 rings (SSSR count). The fourth-order valence-corrected chi connectivity index (χ4v) is 3.60. The van der Waals surface area contributed by atoms with E-state index in [1.807, 2.05) is 36.0 Å². The van der Waals surface area contributed by atoms with Gasteiger partial charge in [-0.05, 0) is 45.3 Å². The van der Waals surface area contributed by atoms with Gasteiger partial charge in [-0.3, -0.25) is 0 Å². The summed E-state index contributed by atoms with van der Waals surface area (Å²) in [6, 6.07) is 11.0. The van der Waals surface area contributed by atoms with E-state index in [0.29, 0.717) is 13.0 Å². The maximum Gasteiger partial charge on any atom is 0.416 e. The number of nitrogens with zero attached hydrogens (tertiary/aromatic N) is 3. The Kier molecular flexibility index (Phi) is 5.55. The molecule has 2 aromatic carbocycles. The van der Waals surface area contributed by atoms with Gasteiger partial charge in [0.25, 0.3) is 0 Å². The van der Waals surface area contributed by atoms with Crippen molar-refractivity contribution in [3.8, 4) is 11.3 Å². The van der Waals surface area contributed by atoms with Crippen LogP contribution in [-0.4, -0.2) is 14.2 Å². The molecule has 0 spiro atoms. The van der Waals surface area contributed by atoms with Crippen molar-refractivity contribution in [2.45, 2.75) is 25.2 Å². The highest BCUT2D eigenvalue weighted by molar-refractivity contribution is 9.18. The molecule has 156 valence electrons. The molecular formula is C21H18BrF3N4O. The van der Waals surface area contributed by atoms with E-state index in [9.17, 15) is 13.2 Å². The quantitative estimate of drug-likeness (QED) is 0.497. The first-order valence-electron chi connectivity index (χ1n) is 9.20. The molecule has 9 heteroatoms. The Hall–Kier alpha value is -2.81. The van der Waals surface area contributed by atoms with Crippen LogP contribution in [0, 0.1) is 0 Å². The molecule has 0 amide bonds. The zero-order chi connectivity index (χ0) is 21.3. The predicted octanol–water partition coefficient (Wildman–Crippen LogP) is 5.89. The number of hydrogen-bond donors (Lipinski definition) is 1. The van der Waals surface area contributed by atoms with Crippen LogP contribution in [0.5, 0.6) is 0 Å². The van der Waals surface area contributed by atoms with Crippen LogP contribution in [0.3, 0.4) is 0 Å². The zero-order valence-electron chi connectivity index (χ0n) is 15.9. The Morgan fingerprint density at radius 3 is 2.57 bits per heavy atom. The van der Waals surface area contributed by atoms with E-state index in [4.69, 9.17) is 4.84 Å². The van der Waals surface area contributed by atoms with Crippen LogP contribution in [0.4, 0.5) is 18.9 Å². The molecular weight excluding hydrogens is 461 g/mol. The van der Waals surface area contributed by atoms with Crippen LogP contribution in [0.15, 0.2) is 60.1 Å². The topological polar surface area (TPSA) is 51.4 Å². The summed E-state index contributed by atoms with van der Waals surface area (Å²) in [4.78, 5) is 9.87. The minimum absolute atomic E-state index is 0.191. The van der Waals surface area contributed by atoms with Crippen LogP contribution < -0.4 is 5.32 Å². The zero-order valence-corrected chi connectivity index (χ0v) is 17.5. The summed E-state index contributed by atoms with van der Waals surface area (Å²) in [6.07, 6.45) is -0.271. The number of oxime groups is 1. The van der Waals surface area contributed by atoms with Crippen LogP contribution in [0.1, 0.15) is 29.2 Å². The highest BCUT2D eigenvalue weighted by Gasteiger charge is 2.30. The van der Waals surface area contributed by atoms with Gasteiger partial charge in [0, 0.05) is 37.5 Å². The number of nitrogens with one attached hydrogen (secondary N) is 1. The molecule has 0 saturated carbocycles. The molecule has 0 radical (unpaired) electrons. The second-order valence-corrected chi connectivity index (χ2v) is 7.96. The lowest BCUT2D eigenvalue weighted by atomic mass is 10.0. The summed E-state index contributed by atoms with van der Waals surface area (Å²) in [5.41, 5.74) is 3.53. The summed E-state index contributed by atoms with van der Waals surface area (Å²) in [5, 5.41) is 7.27. The van der Waals surface area contributed by atoms with Crippen LogP contribution >= 0.6 is 15.9 Å². The number of hydrogen-bond acceptors (Lipinski definition) is 4. The van der Waals surface area contributed by atoms with Gasteiger partial charge in [0.2, 0.25) is 0 Å². The van der Waals surface area contributed by atoms with Gasteiger partial charge >= 0.3 is 6.18 Å². The van der Waals surface area contributed by atoms with Gasteiger partial charge in [0.1, 0.15) is 4.62 Å². The van der Waals surface area contributed by atoms with Gasteiger partial charge < -0.3 is 14.7 Å². The van der Waals surface area contributed by atoms with E-state index in [-0.39, 0.29) is 6.10 Å². The Morgan fingerprint density at radius 2 is 1.97 bits per heavy atom. The lowest BCUT2D eigenvalue weighted by molar-refractivity contribution is -0.137. The lowest BCUT2D eigenvalue weighted by Gasteiger charge is -2.16. The summed E-state index contributed by atoms with van der Waals surface area (Å²) in [5.74, 6) is 0. The van der Waals surface area contributed by atoms with Crippen molar-refractivity contribution in [3.63, 3.8) is 0 Å². The average Bonchev–Trinajstić information content (AvgIpc) is 3.34. The second-order valence-electron chi connectivity index (χ2n) is 7.04. The molecule has 1 N–H and O–H groups in total.